The zero-order valence-corrected chi connectivity index (χ0v) is 10.3. The number of nitrogens with one attached hydrogen (secondary N) is 2. The molecule has 0 bridgehead atoms. The summed E-state index contributed by atoms with van der Waals surface area (Å²) in [4.78, 5) is 7.10. The lowest BCUT2D eigenvalue weighted by molar-refractivity contribution is 0.515. The Morgan fingerprint density at radius 1 is 1.39 bits per heavy atom. The van der Waals surface area contributed by atoms with E-state index in [2.05, 4.69) is 15.3 Å². The zero-order chi connectivity index (χ0) is 13.1. The zero-order valence-electron chi connectivity index (χ0n) is 10.3. The summed E-state index contributed by atoms with van der Waals surface area (Å²) < 4.78 is 26.6. The summed E-state index contributed by atoms with van der Waals surface area (Å²) >= 11 is 0. The average Bonchev–Trinajstić information content (AvgIpc) is 2.75. The quantitative estimate of drug-likeness (QED) is 0.877. The SMILES string of the molecule is Cc1[nH]cnc1CNC(C)c1cc(F)ccc1F. The molecule has 1 aromatic heterocycles. The third-order valence-corrected chi connectivity index (χ3v) is 2.93. The summed E-state index contributed by atoms with van der Waals surface area (Å²) in [5.74, 6) is -0.842. The molecule has 2 rings (SSSR count). The number of aromatic nitrogens is 2. The Kier molecular flexibility index (Phi) is 3.72. The number of hydrogen-bond donors (Lipinski definition) is 2. The molecule has 5 heteroatoms. The van der Waals surface area contributed by atoms with Crippen LogP contribution in [0.4, 0.5) is 8.78 Å². The predicted molar refractivity (Wildman–Crippen MR) is 64.9 cm³/mol. The molecule has 0 aliphatic rings. The van der Waals surface area contributed by atoms with Crippen molar-refractivity contribution in [1.82, 2.24) is 15.3 Å². The van der Waals surface area contributed by atoms with Crippen LogP contribution in [-0.4, -0.2) is 9.97 Å². The van der Waals surface area contributed by atoms with E-state index in [1.165, 1.54) is 6.07 Å². The lowest BCUT2D eigenvalue weighted by Crippen LogP contribution is -2.20. The van der Waals surface area contributed by atoms with E-state index in [1.54, 1.807) is 13.3 Å². The van der Waals surface area contributed by atoms with Crippen molar-refractivity contribution in [2.75, 3.05) is 0 Å². The van der Waals surface area contributed by atoms with Crippen LogP contribution < -0.4 is 5.32 Å². The van der Waals surface area contributed by atoms with E-state index < -0.39 is 11.6 Å². The summed E-state index contributed by atoms with van der Waals surface area (Å²) in [6.45, 7) is 4.21. The first kappa shape index (κ1) is 12.7. The number of benzene rings is 1. The Balaban J connectivity index is 2.06. The minimum atomic E-state index is -0.434. The number of aryl methyl sites for hydroxylation is 1. The Hall–Kier alpha value is -1.75. The Morgan fingerprint density at radius 3 is 2.83 bits per heavy atom. The number of H-pyrrole nitrogens is 1. The fourth-order valence-electron chi connectivity index (χ4n) is 1.77. The van der Waals surface area contributed by atoms with E-state index >= 15 is 0 Å². The lowest BCUT2D eigenvalue weighted by Gasteiger charge is -2.14. The maximum absolute atomic E-state index is 13.5. The molecule has 0 aliphatic heterocycles. The molecule has 0 radical (unpaired) electrons. The monoisotopic (exact) mass is 251 g/mol. The van der Waals surface area contributed by atoms with Crippen LogP contribution in [0.15, 0.2) is 24.5 Å². The van der Waals surface area contributed by atoms with Gasteiger partial charge in [0.05, 0.1) is 12.0 Å². The van der Waals surface area contributed by atoms with Crippen molar-refractivity contribution in [2.24, 2.45) is 0 Å². The minimum Gasteiger partial charge on any atom is -0.348 e. The number of halogens is 2. The third-order valence-electron chi connectivity index (χ3n) is 2.93. The second-order valence-corrected chi connectivity index (χ2v) is 4.24. The standard InChI is InChI=1S/C13H15F2N3/c1-8(11-5-10(14)3-4-12(11)15)16-6-13-9(2)17-7-18-13/h3-5,7-8,16H,6H2,1-2H3,(H,17,18). The maximum atomic E-state index is 13.5. The minimum absolute atomic E-state index is 0.281. The molecule has 2 aromatic rings. The smallest absolute Gasteiger partial charge is 0.128 e. The first-order valence-corrected chi connectivity index (χ1v) is 5.75. The van der Waals surface area contributed by atoms with Gasteiger partial charge in [-0.3, -0.25) is 0 Å². The second kappa shape index (κ2) is 5.27. The fourth-order valence-corrected chi connectivity index (χ4v) is 1.77. The van der Waals surface area contributed by atoms with Crippen LogP contribution in [0.5, 0.6) is 0 Å². The molecular weight excluding hydrogens is 236 g/mol. The normalized spacial score (nSPS) is 12.7. The van der Waals surface area contributed by atoms with E-state index in [-0.39, 0.29) is 6.04 Å². The average molecular weight is 251 g/mol. The van der Waals surface area contributed by atoms with E-state index in [1.807, 2.05) is 6.92 Å². The van der Waals surface area contributed by atoms with Gasteiger partial charge in [0.25, 0.3) is 0 Å². The number of hydrogen-bond acceptors (Lipinski definition) is 2. The van der Waals surface area contributed by atoms with Gasteiger partial charge < -0.3 is 10.3 Å². The molecule has 2 N–H and O–H groups in total. The molecule has 1 unspecified atom stereocenters. The molecule has 1 aromatic carbocycles. The molecule has 18 heavy (non-hydrogen) atoms. The van der Waals surface area contributed by atoms with Gasteiger partial charge in [0.1, 0.15) is 11.6 Å². The molecule has 1 atom stereocenters. The second-order valence-electron chi connectivity index (χ2n) is 4.24. The van der Waals surface area contributed by atoms with Gasteiger partial charge in [0.2, 0.25) is 0 Å². The molecule has 0 amide bonds. The summed E-state index contributed by atoms with van der Waals surface area (Å²) in [7, 11) is 0. The van der Waals surface area contributed by atoms with Crippen molar-refractivity contribution in [1.29, 1.82) is 0 Å². The van der Waals surface area contributed by atoms with E-state index in [0.717, 1.165) is 23.5 Å². The van der Waals surface area contributed by atoms with Gasteiger partial charge in [-0.1, -0.05) is 0 Å². The van der Waals surface area contributed by atoms with Crippen molar-refractivity contribution < 1.29 is 8.78 Å². The van der Waals surface area contributed by atoms with Crippen LogP contribution in [0.25, 0.3) is 0 Å². The van der Waals surface area contributed by atoms with Gasteiger partial charge in [-0.2, -0.15) is 0 Å². The fraction of sp³-hybridized carbons (Fsp3) is 0.308. The lowest BCUT2D eigenvalue weighted by atomic mass is 10.1. The molecule has 3 nitrogen and oxygen atoms in total. The van der Waals surface area contributed by atoms with Crippen LogP contribution in [0.1, 0.15) is 29.9 Å². The van der Waals surface area contributed by atoms with Crippen molar-refractivity contribution in [2.45, 2.75) is 26.4 Å². The summed E-state index contributed by atoms with van der Waals surface area (Å²) in [5.41, 5.74) is 2.16. The highest BCUT2D eigenvalue weighted by Gasteiger charge is 2.12. The summed E-state index contributed by atoms with van der Waals surface area (Å²) in [6, 6.07) is 3.19. The molecule has 0 spiro atoms. The molecule has 0 saturated carbocycles. The topological polar surface area (TPSA) is 40.7 Å². The Morgan fingerprint density at radius 2 is 2.17 bits per heavy atom. The van der Waals surface area contributed by atoms with Crippen LogP contribution in [-0.2, 0) is 6.54 Å². The van der Waals surface area contributed by atoms with E-state index in [0.29, 0.717) is 12.1 Å². The van der Waals surface area contributed by atoms with Crippen molar-refractivity contribution in [3.63, 3.8) is 0 Å². The molecule has 1 heterocycles. The number of imidazole rings is 1. The van der Waals surface area contributed by atoms with Crippen LogP contribution in [0.2, 0.25) is 0 Å². The highest BCUT2D eigenvalue weighted by atomic mass is 19.1. The van der Waals surface area contributed by atoms with E-state index in [9.17, 15) is 8.78 Å². The van der Waals surface area contributed by atoms with Crippen LogP contribution >= 0.6 is 0 Å². The van der Waals surface area contributed by atoms with Gasteiger partial charge in [-0.15, -0.1) is 0 Å². The maximum Gasteiger partial charge on any atom is 0.128 e. The van der Waals surface area contributed by atoms with Gasteiger partial charge >= 0.3 is 0 Å². The Bertz CT molecular complexity index is 537. The molecule has 0 saturated heterocycles. The molecular formula is C13H15F2N3. The summed E-state index contributed by atoms with van der Waals surface area (Å²) in [6.07, 6.45) is 1.61. The van der Waals surface area contributed by atoms with Gasteiger partial charge in [-0.25, -0.2) is 13.8 Å². The predicted octanol–water partition coefficient (Wildman–Crippen LogP) is 2.85. The number of nitrogens with zero attached hydrogens (tertiary/aromatic N) is 1. The van der Waals surface area contributed by atoms with Gasteiger partial charge in [0.15, 0.2) is 0 Å². The van der Waals surface area contributed by atoms with Crippen molar-refractivity contribution in [3.05, 3.63) is 53.1 Å². The largest absolute Gasteiger partial charge is 0.348 e. The van der Waals surface area contributed by atoms with Gasteiger partial charge in [0, 0.05) is 23.8 Å². The molecule has 0 aliphatic carbocycles. The van der Waals surface area contributed by atoms with E-state index in [4.69, 9.17) is 0 Å². The first-order chi connectivity index (χ1) is 8.58. The first-order valence-electron chi connectivity index (χ1n) is 5.75. The molecule has 0 fully saturated rings. The highest BCUT2D eigenvalue weighted by molar-refractivity contribution is 5.22. The third kappa shape index (κ3) is 2.73. The summed E-state index contributed by atoms with van der Waals surface area (Å²) in [5, 5.41) is 3.12. The molecule has 96 valence electrons. The van der Waals surface area contributed by atoms with Crippen molar-refractivity contribution >= 4 is 0 Å². The Labute approximate surface area is 104 Å². The van der Waals surface area contributed by atoms with Crippen molar-refractivity contribution in [3.8, 4) is 0 Å². The van der Waals surface area contributed by atoms with Crippen LogP contribution in [0.3, 0.4) is 0 Å². The van der Waals surface area contributed by atoms with Gasteiger partial charge in [-0.05, 0) is 32.0 Å². The number of aromatic amines is 1. The highest BCUT2D eigenvalue weighted by Crippen LogP contribution is 2.18. The van der Waals surface area contributed by atoms with Crippen LogP contribution in [0, 0.1) is 18.6 Å². The number of rotatable bonds is 4.